The van der Waals surface area contributed by atoms with Crippen molar-refractivity contribution >= 4 is 23.6 Å². The van der Waals surface area contributed by atoms with Gasteiger partial charge in [0.2, 0.25) is 11.8 Å². The Labute approximate surface area is 141 Å². The summed E-state index contributed by atoms with van der Waals surface area (Å²) in [5, 5.41) is 2.90. The van der Waals surface area contributed by atoms with Crippen molar-refractivity contribution < 1.29 is 14.3 Å². The molecule has 0 atom stereocenters. The summed E-state index contributed by atoms with van der Waals surface area (Å²) in [4.78, 5) is 26.2. The number of nitrogens with zero attached hydrogens (tertiary/aromatic N) is 1. The van der Waals surface area contributed by atoms with Gasteiger partial charge in [-0.3, -0.25) is 9.59 Å². The zero-order valence-corrected chi connectivity index (χ0v) is 14.4. The summed E-state index contributed by atoms with van der Waals surface area (Å²) in [6.45, 7) is 4.82. The van der Waals surface area contributed by atoms with E-state index in [4.69, 9.17) is 4.74 Å². The first-order valence-corrected chi connectivity index (χ1v) is 9.07. The topological polar surface area (TPSA) is 58.6 Å². The van der Waals surface area contributed by atoms with Crippen molar-refractivity contribution in [2.24, 2.45) is 0 Å². The zero-order valence-electron chi connectivity index (χ0n) is 13.5. The van der Waals surface area contributed by atoms with Crippen molar-refractivity contribution in [3.63, 3.8) is 0 Å². The van der Waals surface area contributed by atoms with Gasteiger partial charge in [-0.05, 0) is 44.0 Å². The molecule has 0 unspecified atom stereocenters. The number of benzene rings is 1. The van der Waals surface area contributed by atoms with Gasteiger partial charge in [0.1, 0.15) is 5.75 Å². The molecule has 0 spiro atoms. The standard InChI is InChI=1S/C17H24N2O3S/c1-2-22-14-6-8-15(9-7-14)23-13-16(20)18-10-4-12-19-11-3-5-17(19)21/h6-9H,2-5,10-13H2,1H3,(H,18,20). The predicted octanol–water partition coefficient (Wildman–Crippen LogP) is 2.31. The Balaban J connectivity index is 1.58. The molecule has 1 aromatic carbocycles. The zero-order chi connectivity index (χ0) is 16.5. The molecule has 1 aliphatic rings. The first-order valence-electron chi connectivity index (χ1n) is 8.09. The van der Waals surface area contributed by atoms with E-state index in [0.29, 0.717) is 25.3 Å². The summed E-state index contributed by atoms with van der Waals surface area (Å²) in [6, 6.07) is 7.75. The Bertz CT molecular complexity index is 519. The van der Waals surface area contributed by atoms with Crippen LogP contribution in [0.5, 0.6) is 5.75 Å². The molecule has 0 aromatic heterocycles. The van der Waals surface area contributed by atoms with Crippen molar-refractivity contribution in [3.8, 4) is 5.75 Å². The monoisotopic (exact) mass is 336 g/mol. The second-order valence-corrected chi connectivity index (χ2v) is 6.43. The Morgan fingerprint density at radius 1 is 1.35 bits per heavy atom. The fraction of sp³-hybridized carbons (Fsp3) is 0.529. The molecule has 2 rings (SSSR count). The van der Waals surface area contributed by atoms with E-state index in [9.17, 15) is 9.59 Å². The first kappa shape index (κ1) is 17.7. The fourth-order valence-corrected chi connectivity index (χ4v) is 3.17. The second kappa shape index (κ2) is 9.45. The van der Waals surface area contributed by atoms with Crippen LogP contribution in [0.25, 0.3) is 0 Å². The minimum atomic E-state index is 0.0247. The van der Waals surface area contributed by atoms with Gasteiger partial charge in [-0.15, -0.1) is 11.8 Å². The van der Waals surface area contributed by atoms with Crippen LogP contribution in [0.4, 0.5) is 0 Å². The van der Waals surface area contributed by atoms with E-state index in [-0.39, 0.29) is 11.8 Å². The summed E-state index contributed by atoms with van der Waals surface area (Å²) in [5.41, 5.74) is 0. The minimum Gasteiger partial charge on any atom is -0.494 e. The van der Waals surface area contributed by atoms with Crippen molar-refractivity contribution in [3.05, 3.63) is 24.3 Å². The summed E-state index contributed by atoms with van der Waals surface area (Å²) in [7, 11) is 0. The third-order valence-corrected chi connectivity index (χ3v) is 4.62. The van der Waals surface area contributed by atoms with Crippen LogP contribution in [-0.4, -0.2) is 48.7 Å². The van der Waals surface area contributed by atoms with Gasteiger partial charge >= 0.3 is 0 Å². The average Bonchev–Trinajstić information content (AvgIpc) is 2.96. The lowest BCUT2D eigenvalue weighted by Crippen LogP contribution is -2.31. The minimum absolute atomic E-state index is 0.0247. The number of carbonyl (C=O) groups is 2. The van der Waals surface area contributed by atoms with Crippen LogP contribution >= 0.6 is 11.8 Å². The highest BCUT2D eigenvalue weighted by atomic mass is 32.2. The number of nitrogens with one attached hydrogen (secondary N) is 1. The van der Waals surface area contributed by atoms with Crippen LogP contribution in [-0.2, 0) is 9.59 Å². The summed E-state index contributed by atoms with van der Waals surface area (Å²) in [6.07, 6.45) is 2.44. The Kier molecular flexibility index (Phi) is 7.26. The van der Waals surface area contributed by atoms with Crippen LogP contribution in [0.15, 0.2) is 29.2 Å². The van der Waals surface area contributed by atoms with E-state index in [0.717, 1.165) is 36.6 Å². The molecule has 0 bridgehead atoms. The van der Waals surface area contributed by atoms with Crippen molar-refractivity contribution in [2.45, 2.75) is 31.1 Å². The van der Waals surface area contributed by atoms with E-state index in [1.165, 1.54) is 11.8 Å². The molecule has 5 nitrogen and oxygen atoms in total. The maximum absolute atomic E-state index is 11.8. The number of carbonyl (C=O) groups excluding carboxylic acids is 2. The number of hydrogen-bond acceptors (Lipinski definition) is 4. The van der Waals surface area contributed by atoms with Crippen molar-refractivity contribution in [1.82, 2.24) is 10.2 Å². The SMILES string of the molecule is CCOc1ccc(SCC(=O)NCCCN2CCCC2=O)cc1. The fourth-order valence-electron chi connectivity index (χ4n) is 2.44. The summed E-state index contributed by atoms with van der Waals surface area (Å²) >= 11 is 1.51. The van der Waals surface area contributed by atoms with Gasteiger partial charge in [0.25, 0.3) is 0 Å². The Morgan fingerprint density at radius 2 is 2.13 bits per heavy atom. The smallest absolute Gasteiger partial charge is 0.230 e. The van der Waals surface area contributed by atoms with Gasteiger partial charge in [0, 0.05) is 31.0 Å². The van der Waals surface area contributed by atoms with Crippen molar-refractivity contribution in [2.75, 3.05) is 32.0 Å². The highest BCUT2D eigenvalue weighted by molar-refractivity contribution is 8.00. The number of hydrogen-bond donors (Lipinski definition) is 1. The van der Waals surface area contributed by atoms with E-state index >= 15 is 0 Å². The van der Waals surface area contributed by atoms with E-state index in [2.05, 4.69) is 5.32 Å². The first-order chi connectivity index (χ1) is 11.2. The van der Waals surface area contributed by atoms with Crippen molar-refractivity contribution in [1.29, 1.82) is 0 Å². The van der Waals surface area contributed by atoms with E-state index < -0.39 is 0 Å². The predicted molar refractivity (Wildman–Crippen MR) is 91.8 cm³/mol. The maximum Gasteiger partial charge on any atom is 0.230 e. The molecule has 0 saturated carbocycles. The van der Waals surface area contributed by atoms with Gasteiger partial charge in [-0.1, -0.05) is 0 Å². The number of amides is 2. The lowest BCUT2D eigenvalue weighted by atomic mass is 10.3. The lowest BCUT2D eigenvalue weighted by Gasteiger charge is -2.15. The van der Waals surface area contributed by atoms with Crippen LogP contribution in [0.2, 0.25) is 0 Å². The average molecular weight is 336 g/mol. The molecule has 1 saturated heterocycles. The lowest BCUT2D eigenvalue weighted by molar-refractivity contribution is -0.127. The van der Waals surface area contributed by atoms with Gasteiger partial charge in [-0.25, -0.2) is 0 Å². The molecule has 126 valence electrons. The molecule has 23 heavy (non-hydrogen) atoms. The Morgan fingerprint density at radius 3 is 2.78 bits per heavy atom. The largest absolute Gasteiger partial charge is 0.494 e. The molecule has 0 aliphatic carbocycles. The second-order valence-electron chi connectivity index (χ2n) is 5.38. The van der Waals surface area contributed by atoms with Gasteiger partial charge in [0.15, 0.2) is 0 Å². The molecule has 0 radical (unpaired) electrons. The van der Waals surface area contributed by atoms with Gasteiger partial charge < -0.3 is 15.0 Å². The molecule has 1 N–H and O–H groups in total. The number of likely N-dealkylation sites (tertiary alicyclic amines) is 1. The van der Waals surface area contributed by atoms with Crippen LogP contribution in [0.1, 0.15) is 26.2 Å². The highest BCUT2D eigenvalue weighted by Crippen LogP contribution is 2.21. The van der Waals surface area contributed by atoms with Crippen LogP contribution in [0.3, 0.4) is 0 Å². The molecule has 1 aliphatic heterocycles. The van der Waals surface area contributed by atoms with Crippen LogP contribution < -0.4 is 10.1 Å². The van der Waals surface area contributed by atoms with E-state index in [1.54, 1.807) is 0 Å². The molecule has 6 heteroatoms. The molecule has 1 heterocycles. The van der Waals surface area contributed by atoms with E-state index in [1.807, 2.05) is 36.1 Å². The molecule has 2 amide bonds. The van der Waals surface area contributed by atoms with Gasteiger partial charge in [-0.2, -0.15) is 0 Å². The number of ether oxygens (including phenoxy) is 1. The highest BCUT2D eigenvalue weighted by Gasteiger charge is 2.18. The molecular formula is C17H24N2O3S. The number of thioether (sulfide) groups is 1. The van der Waals surface area contributed by atoms with Gasteiger partial charge in [0.05, 0.1) is 12.4 Å². The normalized spacial score (nSPS) is 14.1. The quantitative estimate of drug-likeness (QED) is 0.555. The summed E-state index contributed by atoms with van der Waals surface area (Å²) < 4.78 is 5.39. The maximum atomic E-state index is 11.8. The van der Waals surface area contributed by atoms with Crippen LogP contribution in [0, 0.1) is 0 Å². The third kappa shape index (κ3) is 6.14. The third-order valence-electron chi connectivity index (χ3n) is 3.60. The summed E-state index contributed by atoms with van der Waals surface area (Å²) in [5.74, 6) is 1.51. The Hall–Kier alpha value is -1.69. The number of rotatable bonds is 9. The molecule has 1 fully saturated rings. The molecular weight excluding hydrogens is 312 g/mol. The molecule has 1 aromatic rings.